The van der Waals surface area contributed by atoms with Gasteiger partial charge in [0.2, 0.25) is 5.91 Å². The molecule has 74 valence electrons. The lowest BCUT2D eigenvalue weighted by atomic mass is 10.2. The minimum atomic E-state index is 0.290. The molecule has 0 unspecified atom stereocenters. The van der Waals surface area contributed by atoms with Crippen LogP contribution < -0.4 is 0 Å². The second-order valence-electron chi connectivity index (χ2n) is 4.22. The summed E-state index contributed by atoms with van der Waals surface area (Å²) in [5.74, 6) is 0.290. The van der Waals surface area contributed by atoms with Crippen LogP contribution in [0.5, 0.6) is 0 Å². The zero-order chi connectivity index (χ0) is 9.26. The Kier molecular flexibility index (Phi) is 2.54. The standard InChI is InChI=1S/C10H18N2O/c1-11-6-7-12(8-10(11)13)9-4-2-3-5-9/h9H,2-8H2,1H3. The summed E-state index contributed by atoms with van der Waals surface area (Å²) < 4.78 is 0. The molecule has 1 amide bonds. The Hall–Kier alpha value is -0.570. The zero-order valence-electron chi connectivity index (χ0n) is 8.33. The average molecular weight is 182 g/mol. The minimum Gasteiger partial charge on any atom is -0.343 e. The van der Waals surface area contributed by atoms with Gasteiger partial charge in [0.25, 0.3) is 0 Å². The molecule has 1 saturated carbocycles. The van der Waals surface area contributed by atoms with E-state index in [1.54, 1.807) is 0 Å². The van der Waals surface area contributed by atoms with Gasteiger partial charge in [0.1, 0.15) is 0 Å². The second-order valence-corrected chi connectivity index (χ2v) is 4.22. The fourth-order valence-electron chi connectivity index (χ4n) is 2.36. The van der Waals surface area contributed by atoms with E-state index in [1.807, 2.05) is 11.9 Å². The topological polar surface area (TPSA) is 23.6 Å². The van der Waals surface area contributed by atoms with E-state index in [0.29, 0.717) is 12.6 Å². The maximum atomic E-state index is 11.4. The molecule has 13 heavy (non-hydrogen) atoms. The van der Waals surface area contributed by atoms with Gasteiger partial charge in [0.05, 0.1) is 6.54 Å². The monoisotopic (exact) mass is 182 g/mol. The maximum absolute atomic E-state index is 11.4. The van der Waals surface area contributed by atoms with E-state index in [0.717, 1.165) is 13.1 Å². The van der Waals surface area contributed by atoms with Crippen LogP contribution in [0.25, 0.3) is 0 Å². The third kappa shape index (κ3) is 1.85. The van der Waals surface area contributed by atoms with Crippen LogP contribution in [0.4, 0.5) is 0 Å². The van der Waals surface area contributed by atoms with Crippen LogP contribution in [-0.4, -0.2) is 48.4 Å². The van der Waals surface area contributed by atoms with Gasteiger partial charge in [-0.1, -0.05) is 12.8 Å². The number of likely N-dealkylation sites (N-methyl/N-ethyl adjacent to an activating group) is 1. The lowest BCUT2D eigenvalue weighted by Gasteiger charge is -2.35. The maximum Gasteiger partial charge on any atom is 0.236 e. The Bertz CT molecular complexity index is 199. The fraction of sp³-hybridized carbons (Fsp3) is 0.900. The van der Waals surface area contributed by atoms with Crippen molar-refractivity contribution in [3.05, 3.63) is 0 Å². The molecule has 0 bridgehead atoms. The Morgan fingerprint density at radius 2 is 1.92 bits per heavy atom. The van der Waals surface area contributed by atoms with E-state index >= 15 is 0 Å². The van der Waals surface area contributed by atoms with Gasteiger partial charge < -0.3 is 4.90 Å². The molecule has 3 heteroatoms. The average Bonchev–Trinajstić information content (AvgIpc) is 2.62. The van der Waals surface area contributed by atoms with E-state index < -0.39 is 0 Å². The molecule has 0 atom stereocenters. The lowest BCUT2D eigenvalue weighted by molar-refractivity contribution is -0.135. The Labute approximate surface area is 79.7 Å². The second kappa shape index (κ2) is 3.66. The number of nitrogens with zero attached hydrogens (tertiary/aromatic N) is 2. The van der Waals surface area contributed by atoms with Crippen molar-refractivity contribution in [3.8, 4) is 0 Å². The van der Waals surface area contributed by atoms with Gasteiger partial charge in [-0.25, -0.2) is 0 Å². The summed E-state index contributed by atoms with van der Waals surface area (Å²) in [6.07, 6.45) is 5.31. The molecule has 0 N–H and O–H groups in total. The first-order chi connectivity index (χ1) is 6.27. The van der Waals surface area contributed by atoms with Crippen molar-refractivity contribution < 1.29 is 4.79 Å². The summed E-state index contributed by atoms with van der Waals surface area (Å²) in [4.78, 5) is 15.7. The van der Waals surface area contributed by atoms with Crippen LogP contribution in [0.1, 0.15) is 25.7 Å². The molecule has 0 aromatic rings. The van der Waals surface area contributed by atoms with Gasteiger partial charge in [0.15, 0.2) is 0 Å². The van der Waals surface area contributed by atoms with Crippen molar-refractivity contribution in [1.29, 1.82) is 0 Å². The predicted octanol–water partition coefficient (Wildman–Crippen LogP) is 0.703. The molecule has 1 heterocycles. The molecule has 1 aliphatic heterocycles. The van der Waals surface area contributed by atoms with Crippen molar-refractivity contribution in [2.45, 2.75) is 31.7 Å². The normalized spacial score (nSPS) is 27.2. The van der Waals surface area contributed by atoms with E-state index in [2.05, 4.69) is 4.90 Å². The molecular formula is C10H18N2O. The highest BCUT2D eigenvalue weighted by molar-refractivity contribution is 5.78. The van der Waals surface area contributed by atoms with Crippen molar-refractivity contribution in [2.24, 2.45) is 0 Å². The first-order valence-electron chi connectivity index (χ1n) is 5.25. The van der Waals surface area contributed by atoms with Crippen LogP contribution in [0.2, 0.25) is 0 Å². The Balaban J connectivity index is 1.90. The molecule has 0 aromatic heterocycles. The smallest absolute Gasteiger partial charge is 0.236 e. The summed E-state index contributed by atoms with van der Waals surface area (Å²) in [5.41, 5.74) is 0. The number of hydrogen-bond acceptors (Lipinski definition) is 2. The summed E-state index contributed by atoms with van der Waals surface area (Å²) in [6.45, 7) is 2.64. The SMILES string of the molecule is CN1CCN(C2CCCC2)CC1=O. The van der Waals surface area contributed by atoms with Gasteiger partial charge in [-0.15, -0.1) is 0 Å². The zero-order valence-corrected chi connectivity index (χ0v) is 8.33. The number of amides is 1. The molecule has 2 fully saturated rings. The van der Waals surface area contributed by atoms with Gasteiger partial charge in [0, 0.05) is 26.2 Å². The highest BCUT2D eigenvalue weighted by Crippen LogP contribution is 2.24. The van der Waals surface area contributed by atoms with Crippen molar-refractivity contribution >= 4 is 5.91 Å². The van der Waals surface area contributed by atoms with Gasteiger partial charge in [-0.3, -0.25) is 9.69 Å². The third-order valence-electron chi connectivity index (χ3n) is 3.33. The van der Waals surface area contributed by atoms with E-state index in [9.17, 15) is 4.79 Å². The largest absolute Gasteiger partial charge is 0.343 e. The van der Waals surface area contributed by atoms with Crippen LogP contribution in [0.15, 0.2) is 0 Å². The van der Waals surface area contributed by atoms with Gasteiger partial charge in [-0.2, -0.15) is 0 Å². The molecule has 1 saturated heterocycles. The molecule has 0 spiro atoms. The number of carbonyl (C=O) groups is 1. The predicted molar refractivity (Wildman–Crippen MR) is 51.5 cm³/mol. The number of rotatable bonds is 1. The Morgan fingerprint density at radius 3 is 2.54 bits per heavy atom. The molecule has 2 rings (SSSR count). The van der Waals surface area contributed by atoms with Crippen LogP contribution in [-0.2, 0) is 4.79 Å². The lowest BCUT2D eigenvalue weighted by Crippen LogP contribution is -2.51. The van der Waals surface area contributed by atoms with Crippen LogP contribution in [0.3, 0.4) is 0 Å². The minimum absolute atomic E-state index is 0.290. The molecule has 3 nitrogen and oxygen atoms in total. The molecular weight excluding hydrogens is 164 g/mol. The number of carbonyl (C=O) groups excluding carboxylic acids is 1. The third-order valence-corrected chi connectivity index (χ3v) is 3.33. The Morgan fingerprint density at radius 1 is 1.23 bits per heavy atom. The molecule has 0 radical (unpaired) electrons. The molecule has 0 aromatic carbocycles. The first kappa shape index (κ1) is 9.00. The molecule has 2 aliphatic rings. The molecule has 1 aliphatic carbocycles. The van der Waals surface area contributed by atoms with Crippen molar-refractivity contribution in [3.63, 3.8) is 0 Å². The van der Waals surface area contributed by atoms with Crippen LogP contribution in [0, 0.1) is 0 Å². The summed E-state index contributed by atoms with van der Waals surface area (Å²) in [5, 5.41) is 0. The van der Waals surface area contributed by atoms with E-state index in [1.165, 1.54) is 25.7 Å². The van der Waals surface area contributed by atoms with Gasteiger partial charge in [-0.05, 0) is 12.8 Å². The quantitative estimate of drug-likeness (QED) is 0.596. The summed E-state index contributed by atoms with van der Waals surface area (Å²) in [6, 6.07) is 0.706. The number of piperazine rings is 1. The highest BCUT2D eigenvalue weighted by atomic mass is 16.2. The van der Waals surface area contributed by atoms with Crippen LogP contribution >= 0.6 is 0 Å². The fourth-order valence-corrected chi connectivity index (χ4v) is 2.36. The van der Waals surface area contributed by atoms with E-state index in [-0.39, 0.29) is 5.91 Å². The highest BCUT2D eigenvalue weighted by Gasteiger charge is 2.28. The first-order valence-corrected chi connectivity index (χ1v) is 5.25. The summed E-state index contributed by atoms with van der Waals surface area (Å²) >= 11 is 0. The van der Waals surface area contributed by atoms with Crippen molar-refractivity contribution in [1.82, 2.24) is 9.80 Å². The van der Waals surface area contributed by atoms with E-state index in [4.69, 9.17) is 0 Å². The van der Waals surface area contributed by atoms with Crippen molar-refractivity contribution in [2.75, 3.05) is 26.7 Å². The summed E-state index contributed by atoms with van der Waals surface area (Å²) in [7, 11) is 1.90. The number of hydrogen-bond donors (Lipinski definition) is 0. The van der Waals surface area contributed by atoms with Gasteiger partial charge >= 0.3 is 0 Å².